The Morgan fingerprint density at radius 2 is 2.09 bits per heavy atom. The van der Waals surface area contributed by atoms with E-state index in [2.05, 4.69) is 5.32 Å². The summed E-state index contributed by atoms with van der Waals surface area (Å²) in [5.74, 6) is -1.81. The number of nitrogens with one attached hydrogen (secondary N) is 1. The van der Waals surface area contributed by atoms with Crippen LogP contribution in [0.1, 0.15) is 33.1 Å². The van der Waals surface area contributed by atoms with Gasteiger partial charge in [0.25, 0.3) is 0 Å². The molecular formula is C16H20N2O4. The highest BCUT2D eigenvalue weighted by atomic mass is 16.5. The number of fused-ring (bicyclic) bond motifs is 1. The van der Waals surface area contributed by atoms with Gasteiger partial charge in [0, 0.05) is 12.5 Å². The van der Waals surface area contributed by atoms with Crippen molar-refractivity contribution in [1.29, 1.82) is 0 Å². The molecule has 1 aromatic carbocycles. The molecule has 0 fully saturated rings. The molecule has 0 aromatic heterocycles. The smallest absolute Gasteiger partial charge is 0.397 e. The predicted octanol–water partition coefficient (Wildman–Crippen LogP) is 2.09. The molecule has 0 bridgehead atoms. The fourth-order valence-electron chi connectivity index (χ4n) is 2.37. The number of esters is 1. The zero-order chi connectivity index (χ0) is 16.1. The zero-order valence-electron chi connectivity index (χ0n) is 12.8. The molecule has 2 amide bonds. The van der Waals surface area contributed by atoms with Crippen molar-refractivity contribution in [2.45, 2.75) is 39.2 Å². The molecule has 0 spiro atoms. The van der Waals surface area contributed by atoms with Crippen LogP contribution in [-0.2, 0) is 19.1 Å². The van der Waals surface area contributed by atoms with Crippen molar-refractivity contribution in [3.8, 4) is 0 Å². The highest BCUT2D eigenvalue weighted by Crippen LogP contribution is 2.31. The van der Waals surface area contributed by atoms with Crippen LogP contribution in [0.3, 0.4) is 0 Å². The van der Waals surface area contributed by atoms with Crippen LogP contribution in [0.4, 0.5) is 11.4 Å². The second-order valence-corrected chi connectivity index (χ2v) is 5.28. The minimum atomic E-state index is -0.885. The number of anilines is 2. The topological polar surface area (TPSA) is 75.7 Å². The van der Waals surface area contributed by atoms with E-state index in [0.29, 0.717) is 17.8 Å². The van der Waals surface area contributed by atoms with Gasteiger partial charge in [-0.2, -0.15) is 0 Å². The van der Waals surface area contributed by atoms with Crippen molar-refractivity contribution < 1.29 is 19.1 Å². The fraction of sp³-hybridized carbons (Fsp3) is 0.438. The first kappa shape index (κ1) is 16.0. The standard InChI is InChI=1S/C16H20N2O4/c1-3-4-9-22-16(21)15(20)18-11(2)10-14(19)17-12-7-5-6-8-13(12)18/h5-8,11H,3-4,9-10H2,1-2H3,(H,17,19). The second kappa shape index (κ2) is 7.06. The van der Waals surface area contributed by atoms with E-state index in [-0.39, 0.29) is 18.9 Å². The number of amides is 2. The number of benzene rings is 1. The molecule has 0 radical (unpaired) electrons. The highest BCUT2D eigenvalue weighted by Gasteiger charge is 2.33. The van der Waals surface area contributed by atoms with Crippen LogP contribution in [0.5, 0.6) is 0 Å². The zero-order valence-corrected chi connectivity index (χ0v) is 12.8. The number of hydrogen-bond donors (Lipinski definition) is 1. The van der Waals surface area contributed by atoms with Crippen molar-refractivity contribution in [2.75, 3.05) is 16.8 Å². The molecule has 1 aliphatic rings. The maximum Gasteiger partial charge on any atom is 0.397 e. The molecule has 1 atom stereocenters. The Balaban J connectivity index is 2.25. The van der Waals surface area contributed by atoms with Gasteiger partial charge in [-0.15, -0.1) is 0 Å². The molecule has 1 N–H and O–H groups in total. The first-order valence-corrected chi connectivity index (χ1v) is 7.43. The molecule has 1 unspecified atom stereocenters. The third-order valence-electron chi connectivity index (χ3n) is 3.48. The fourth-order valence-corrected chi connectivity index (χ4v) is 2.37. The SMILES string of the molecule is CCCCOC(=O)C(=O)N1c2ccccc2NC(=O)CC1C. The van der Waals surface area contributed by atoms with Crippen LogP contribution in [0.25, 0.3) is 0 Å². The van der Waals surface area contributed by atoms with E-state index in [9.17, 15) is 14.4 Å². The number of carbonyl (C=O) groups is 3. The minimum Gasteiger partial charge on any atom is -0.459 e. The summed E-state index contributed by atoms with van der Waals surface area (Å²) in [5.41, 5.74) is 1.03. The molecule has 6 heteroatoms. The van der Waals surface area contributed by atoms with Gasteiger partial charge in [-0.1, -0.05) is 25.5 Å². The normalized spacial score (nSPS) is 17.3. The molecule has 2 rings (SSSR count). The first-order chi connectivity index (χ1) is 10.5. The Bertz CT molecular complexity index is 585. The largest absolute Gasteiger partial charge is 0.459 e. The molecule has 1 aliphatic heterocycles. The van der Waals surface area contributed by atoms with Gasteiger partial charge in [0.15, 0.2) is 0 Å². The van der Waals surface area contributed by atoms with E-state index < -0.39 is 17.9 Å². The van der Waals surface area contributed by atoms with Crippen LogP contribution in [0.15, 0.2) is 24.3 Å². The predicted molar refractivity (Wildman–Crippen MR) is 82.5 cm³/mol. The van der Waals surface area contributed by atoms with E-state index in [4.69, 9.17) is 4.74 Å². The molecule has 1 heterocycles. The molecule has 0 aliphatic carbocycles. The van der Waals surface area contributed by atoms with Gasteiger partial charge >= 0.3 is 11.9 Å². The Labute approximate surface area is 129 Å². The number of para-hydroxylation sites is 2. The number of unbranched alkanes of at least 4 members (excludes halogenated alkanes) is 1. The lowest BCUT2D eigenvalue weighted by atomic mass is 10.1. The summed E-state index contributed by atoms with van der Waals surface area (Å²) in [6, 6.07) is 6.50. The lowest BCUT2D eigenvalue weighted by molar-refractivity contribution is -0.154. The highest BCUT2D eigenvalue weighted by molar-refractivity contribution is 6.38. The summed E-state index contributed by atoms with van der Waals surface area (Å²) >= 11 is 0. The Hall–Kier alpha value is -2.37. The number of ether oxygens (including phenoxy) is 1. The van der Waals surface area contributed by atoms with Crippen molar-refractivity contribution in [3.05, 3.63) is 24.3 Å². The molecular weight excluding hydrogens is 284 g/mol. The summed E-state index contributed by atoms with van der Waals surface area (Å²) in [6.45, 7) is 3.93. The summed E-state index contributed by atoms with van der Waals surface area (Å²) in [6.07, 6.45) is 1.72. The molecule has 22 heavy (non-hydrogen) atoms. The summed E-state index contributed by atoms with van der Waals surface area (Å²) in [4.78, 5) is 37.6. The molecule has 0 saturated heterocycles. The van der Waals surface area contributed by atoms with E-state index in [1.807, 2.05) is 6.92 Å². The number of rotatable bonds is 3. The third kappa shape index (κ3) is 3.44. The van der Waals surface area contributed by atoms with Gasteiger partial charge in [-0.3, -0.25) is 14.5 Å². The van der Waals surface area contributed by atoms with Crippen LogP contribution in [0, 0.1) is 0 Å². The van der Waals surface area contributed by atoms with E-state index in [1.165, 1.54) is 4.90 Å². The van der Waals surface area contributed by atoms with Gasteiger partial charge in [-0.25, -0.2) is 4.79 Å². The summed E-state index contributed by atoms with van der Waals surface area (Å²) in [7, 11) is 0. The van der Waals surface area contributed by atoms with Crippen molar-refractivity contribution in [2.24, 2.45) is 0 Å². The average Bonchev–Trinajstić information content (AvgIpc) is 2.61. The molecule has 6 nitrogen and oxygen atoms in total. The minimum absolute atomic E-state index is 0.128. The maximum absolute atomic E-state index is 12.4. The third-order valence-corrected chi connectivity index (χ3v) is 3.48. The Morgan fingerprint density at radius 1 is 1.36 bits per heavy atom. The number of carbonyl (C=O) groups excluding carboxylic acids is 3. The molecule has 0 saturated carbocycles. The molecule has 1 aromatic rings. The Morgan fingerprint density at radius 3 is 2.82 bits per heavy atom. The molecule has 118 valence electrons. The summed E-state index contributed by atoms with van der Waals surface area (Å²) in [5, 5.41) is 2.74. The van der Waals surface area contributed by atoms with Crippen molar-refractivity contribution in [3.63, 3.8) is 0 Å². The second-order valence-electron chi connectivity index (χ2n) is 5.28. The monoisotopic (exact) mass is 304 g/mol. The van der Waals surface area contributed by atoms with Crippen molar-refractivity contribution >= 4 is 29.2 Å². The Kier molecular flexibility index (Phi) is 5.14. The van der Waals surface area contributed by atoms with Gasteiger partial charge in [-0.05, 0) is 25.5 Å². The van der Waals surface area contributed by atoms with Crippen LogP contribution < -0.4 is 10.2 Å². The van der Waals surface area contributed by atoms with Crippen LogP contribution in [-0.4, -0.2) is 30.4 Å². The van der Waals surface area contributed by atoms with E-state index in [0.717, 1.165) is 6.42 Å². The van der Waals surface area contributed by atoms with Crippen LogP contribution in [0.2, 0.25) is 0 Å². The van der Waals surface area contributed by atoms with Gasteiger partial charge in [0.1, 0.15) is 0 Å². The van der Waals surface area contributed by atoms with E-state index in [1.54, 1.807) is 31.2 Å². The lowest BCUT2D eigenvalue weighted by Gasteiger charge is -2.26. The first-order valence-electron chi connectivity index (χ1n) is 7.43. The van der Waals surface area contributed by atoms with Crippen molar-refractivity contribution in [1.82, 2.24) is 0 Å². The van der Waals surface area contributed by atoms with Gasteiger partial charge in [0.05, 0.1) is 18.0 Å². The van der Waals surface area contributed by atoms with E-state index >= 15 is 0 Å². The maximum atomic E-state index is 12.4. The average molecular weight is 304 g/mol. The van der Waals surface area contributed by atoms with Gasteiger partial charge in [0.2, 0.25) is 5.91 Å². The number of hydrogen-bond acceptors (Lipinski definition) is 4. The van der Waals surface area contributed by atoms with Gasteiger partial charge < -0.3 is 10.1 Å². The lowest BCUT2D eigenvalue weighted by Crippen LogP contribution is -2.43. The summed E-state index contributed by atoms with van der Waals surface area (Å²) < 4.78 is 4.99. The number of nitrogens with zero attached hydrogens (tertiary/aromatic N) is 1. The van der Waals surface area contributed by atoms with Crippen LogP contribution >= 0.6 is 0 Å². The quantitative estimate of drug-likeness (QED) is 0.527.